The molecule has 0 N–H and O–H groups in total. The van der Waals surface area contributed by atoms with E-state index >= 15 is 0 Å². The second-order valence-corrected chi connectivity index (χ2v) is 7.04. The number of hydrogen-bond acceptors (Lipinski definition) is 5. The summed E-state index contributed by atoms with van der Waals surface area (Å²) in [6, 6.07) is 18.8. The van der Waals surface area contributed by atoms with E-state index in [0.717, 1.165) is 11.3 Å². The van der Waals surface area contributed by atoms with Crippen LogP contribution in [0.5, 0.6) is 0 Å². The van der Waals surface area contributed by atoms with Gasteiger partial charge in [-0.25, -0.2) is 5.01 Å². The summed E-state index contributed by atoms with van der Waals surface area (Å²) >= 11 is 0. The number of anilines is 1. The molecule has 1 aliphatic heterocycles. The molecule has 0 fully saturated rings. The van der Waals surface area contributed by atoms with Gasteiger partial charge in [-0.2, -0.15) is 5.10 Å². The van der Waals surface area contributed by atoms with Crippen LogP contribution in [-0.4, -0.2) is 48.2 Å². The highest BCUT2D eigenvalue weighted by molar-refractivity contribution is 6.02. The molecule has 2 amide bonds. The fourth-order valence-corrected chi connectivity index (χ4v) is 3.17. The van der Waals surface area contributed by atoms with Gasteiger partial charge in [-0.3, -0.25) is 14.4 Å². The van der Waals surface area contributed by atoms with Crippen molar-refractivity contribution in [2.45, 2.75) is 32.3 Å². The highest BCUT2D eigenvalue weighted by Crippen LogP contribution is 2.16. The maximum absolute atomic E-state index is 12.5. The van der Waals surface area contributed by atoms with Crippen molar-refractivity contribution in [2.24, 2.45) is 5.10 Å². The number of hydrazone groups is 1. The molecular formula is C23H25N3O4. The summed E-state index contributed by atoms with van der Waals surface area (Å²) in [6.45, 7) is 2.02. The number of hydrogen-bond donors (Lipinski definition) is 0. The molecule has 7 heteroatoms. The van der Waals surface area contributed by atoms with Crippen molar-refractivity contribution >= 4 is 29.2 Å². The molecule has 3 rings (SSSR count). The molecule has 30 heavy (non-hydrogen) atoms. The van der Waals surface area contributed by atoms with Crippen molar-refractivity contribution in [1.29, 1.82) is 0 Å². The Morgan fingerprint density at radius 3 is 2.33 bits per heavy atom. The molecule has 0 radical (unpaired) electrons. The zero-order valence-corrected chi connectivity index (χ0v) is 17.2. The number of amides is 2. The lowest BCUT2D eigenvalue weighted by Crippen LogP contribution is -2.37. The summed E-state index contributed by atoms with van der Waals surface area (Å²) in [5.74, 6) is -1.16. The smallest absolute Gasteiger partial charge is 0.307 e. The standard InChI is InChI=1S/C23H25N3O4/c1-17(23(29)25(2)19-11-7-4-8-12-19)30-22(28)14-13-21(27)26-16-15-20(24-26)18-9-5-3-6-10-18/h3-12,17H,13-16H2,1-2H3/t17-/m1/s1. The average Bonchev–Trinajstić information content (AvgIpc) is 3.28. The molecule has 2 aromatic rings. The molecule has 0 spiro atoms. The molecule has 156 valence electrons. The van der Waals surface area contributed by atoms with Crippen LogP contribution in [0.3, 0.4) is 0 Å². The van der Waals surface area contributed by atoms with Gasteiger partial charge in [0.1, 0.15) is 0 Å². The van der Waals surface area contributed by atoms with Crippen LogP contribution in [0.4, 0.5) is 5.69 Å². The second-order valence-electron chi connectivity index (χ2n) is 7.04. The minimum atomic E-state index is -0.938. The minimum Gasteiger partial charge on any atom is -0.453 e. The van der Waals surface area contributed by atoms with E-state index in [1.807, 2.05) is 48.5 Å². The summed E-state index contributed by atoms with van der Waals surface area (Å²) in [6.07, 6.45) is -0.373. The maximum Gasteiger partial charge on any atom is 0.307 e. The van der Waals surface area contributed by atoms with Crippen LogP contribution in [0.2, 0.25) is 0 Å². The van der Waals surface area contributed by atoms with E-state index in [2.05, 4.69) is 5.10 Å². The summed E-state index contributed by atoms with van der Waals surface area (Å²) in [7, 11) is 1.63. The van der Waals surface area contributed by atoms with Crippen LogP contribution in [0.1, 0.15) is 31.7 Å². The Bertz CT molecular complexity index is 928. The van der Waals surface area contributed by atoms with Gasteiger partial charge >= 0.3 is 5.97 Å². The number of benzene rings is 2. The first-order chi connectivity index (χ1) is 14.5. The number of nitrogens with zero attached hydrogens (tertiary/aromatic N) is 3. The Kier molecular flexibility index (Phi) is 6.95. The number of carbonyl (C=O) groups is 3. The Morgan fingerprint density at radius 1 is 1.03 bits per heavy atom. The average molecular weight is 407 g/mol. The maximum atomic E-state index is 12.5. The lowest BCUT2D eigenvalue weighted by molar-refractivity contribution is -0.154. The number of ether oxygens (including phenoxy) is 1. The number of esters is 1. The van der Waals surface area contributed by atoms with Gasteiger partial charge in [-0.05, 0) is 24.6 Å². The summed E-state index contributed by atoms with van der Waals surface area (Å²) in [5.41, 5.74) is 2.55. The minimum absolute atomic E-state index is 0.0140. The van der Waals surface area contributed by atoms with Gasteiger partial charge in [0, 0.05) is 25.6 Å². The van der Waals surface area contributed by atoms with Gasteiger partial charge in [-0.15, -0.1) is 0 Å². The monoisotopic (exact) mass is 407 g/mol. The van der Waals surface area contributed by atoms with Crippen molar-refractivity contribution in [3.8, 4) is 0 Å². The topological polar surface area (TPSA) is 79.3 Å². The first kappa shape index (κ1) is 21.2. The van der Waals surface area contributed by atoms with Gasteiger partial charge in [0.05, 0.1) is 18.7 Å². The summed E-state index contributed by atoms with van der Waals surface area (Å²) < 4.78 is 5.22. The van der Waals surface area contributed by atoms with Crippen molar-refractivity contribution in [3.63, 3.8) is 0 Å². The van der Waals surface area contributed by atoms with Crippen LogP contribution in [0.25, 0.3) is 0 Å². The number of para-hydroxylation sites is 1. The van der Waals surface area contributed by atoms with Crippen molar-refractivity contribution in [2.75, 3.05) is 18.5 Å². The third-order valence-electron chi connectivity index (χ3n) is 4.87. The Balaban J connectivity index is 1.47. The van der Waals surface area contributed by atoms with Crippen LogP contribution in [-0.2, 0) is 19.1 Å². The quantitative estimate of drug-likeness (QED) is 0.661. The van der Waals surface area contributed by atoms with E-state index < -0.39 is 12.1 Å². The zero-order chi connectivity index (χ0) is 21.5. The normalized spacial score (nSPS) is 14.1. The first-order valence-electron chi connectivity index (χ1n) is 9.91. The molecule has 0 saturated carbocycles. The van der Waals surface area contributed by atoms with Crippen LogP contribution >= 0.6 is 0 Å². The van der Waals surface area contributed by atoms with Gasteiger partial charge < -0.3 is 9.64 Å². The van der Waals surface area contributed by atoms with E-state index in [1.165, 1.54) is 16.8 Å². The number of rotatable bonds is 7. The Morgan fingerprint density at radius 2 is 1.67 bits per heavy atom. The highest BCUT2D eigenvalue weighted by atomic mass is 16.5. The Labute approximate surface area is 175 Å². The van der Waals surface area contributed by atoms with E-state index in [9.17, 15) is 14.4 Å². The molecule has 1 atom stereocenters. The summed E-state index contributed by atoms with van der Waals surface area (Å²) in [4.78, 5) is 38.4. The first-order valence-corrected chi connectivity index (χ1v) is 9.91. The largest absolute Gasteiger partial charge is 0.453 e. The lowest BCUT2D eigenvalue weighted by Gasteiger charge is -2.21. The molecule has 0 bridgehead atoms. The van der Waals surface area contributed by atoms with E-state index in [-0.39, 0.29) is 24.7 Å². The second kappa shape index (κ2) is 9.82. The SMILES string of the molecule is C[C@@H](OC(=O)CCC(=O)N1CCC(c2ccccc2)=N1)C(=O)N(C)c1ccccc1. The third kappa shape index (κ3) is 5.31. The predicted octanol–water partition coefficient (Wildman–Crippen LogP) is 3.00. The van der Waals surface area contributed by atoms with Crippen molar-refractivity contribution in [1.82, 2.24) is 5.01 Å². The third-order valence-corrected chi connectivity index (χ3v) is 4.87. The fraction of sp³-hybridized carbons (Fsp3) is 0.304. The Hall–Kier alpha value is -3.48. The van der Waals surface area contributed by atoms with Crippen LogP contribution < -0.4 is 4.90 Å². The molecule has 0 unspecified atom stereocenters. The molecule has 2 aromatic carbocycles. The molecule has 1 aliphatic rings. The summed E-state index contributed by atoms with van der Waals surface area (Å²) in [5, 5.41) is 5.77. The molecule has 0 aromatic heterocycles. The van der Waals surface area contributed by atoms with Crippen LogP contribution in [0, 0.1) is 0 Å². The van der Waals surface area contributed by atoms with Gasteiger partial charge in [0.15, 0.2) is 6.10 Å². The molecule has 0 saturated heterocycles. The molecule has 1 heterocycles. The van der Waals surface area contributed by atoms with Gasteiger partial charge in [0.25, 0.3) is 5.91 Å². The molecule has 0 aliphatic carbocycles. The lowest BCUT2D eigenvalue weighted by atomic mass is 10.1. The number of carbonyl (C=O) groups excluding carboxylic acids is 3. The fourth-order valence-electron chi connectivity index (χ4n) is 3.17. The molecule has 7 nitrogen and oxygen atoms in total. The van der Waals surface area contributed by atoms with E-state index in [4.69, 9.17) is 4.74 Å². The van der Waals surface area contributed by atoms with Gasteiger partial charge in [-0.1, -0.05) is 48.5 Å². The van der Waals surface area contributed by atoms with Gasteiger partial charge in [0.2, 0.25) is 5.91 Å². The zero-order valence-electron chi connectivity index (χ0n) is 17.2. The van der Waals surface area contributed by atoms with E-state index in [0.29, 0.717) is 18.7 Å². The van der Waals surface area contributed by atoms with E-state index in [1.54, 1.807) is 19.2 Å². The van der Waals surface area contributed by atoms with Crippen LogP contribution in [0.15, 0.2) is 65.8 Å². The molecular weight excluding hydrogens is 382 g/mol. The van der Waals surface area contributed by atoms with Crippen molar-refractivity contribution in [3.05, 3.63) is 66.2 Å². The predicted molar refractivity (Wildman–Crippen MR) is 114 cm³/mol. The van der Waals surface area contributed by atoms with Crippen molar-refractivity contribution < 1.29 is 19.1 Å². The highest BCUT2D eigenvalue weighted by Gasteiger charge is 2.25. The number of likely N-dealkylation sites (N-methyl/N-ethyl adjacent to an activating group) is 1.